The third kappa shape index (κ3) is 2.94. The van der Waals surface area contributed by atoms with Crippen LogP contribution >= 0.6 is 0 Å². The molecule has 4 rings (SSSR count). The Morgan fingerprint density at radius 1 is 1.00 bits per heavy atom. The molecule has 0 spiro atoms. The van der Waals surface area contributed by atoms with Gasteiger partial charge in [0.2, 0.25) is 0 Å². The van der Waals surface area contributed by atoms with E-state index in [2.05, 4.69) is 53.6 Å². The predicted molar refractivity (Wildman–Crippen MR) is 107 cm³/mol. The van der Waals surface area contributed by atoms with Crippen molar-refractivity contribution < 1.29 is 9.47 Å². The van der Waals surface area contributed by atoms with Gasteiger partial charge in [-0.2, -0.15) is 0 Å². The fourth-order valence-corrected chi connectivity index (χ4v) is 3.28. The second-order valence-corrected chi connectivity index (χ2v) is 6.59. The summed E-state index contributed by atoms with van der Waals surface area (Å²) in [4.78, 5) is 0. The SMILES string of the molecule is C=C(C)COc1cc(C2Nc3cccc4cccc(c34)N2)ccc1OC. The minimum atomic E-state index is -0.0476. The quantitative estimate of drug-likeness (QED) is 0.612. The molecular weight excluding hydrogens is 324 g/mol. The molecule has 0 atom stereocenters. The molecule has 0 aromatic heterocycles. The molecule has 0 radical (unpaired) electrons. The van der Waals surface area contributed by atoms with Crippen molar-refractivity contribution in [1.82, 2.24) is 0 Å². The van der Waals surface area contributed by atoms with Crippen LogP contribution in [0.4, 0.5) is 11.4 Å². The molecule has 0 aliphatic carbocycles. The average molecular weight is 346 g/mol. The van der Waals surface area contributed by atoms with Gasteiger partial charge in [-0.3, -0.25) is 0 Å². The molecule has 2 N–H and O–H groups in total. The predicted octanol–water partition coefficient (Wildman–Crippen LogP) is 5.34. The lowest BCUT2D eigenvalue weighted by molar-refractivity contribution is 0.319. The Balaban J connectivity index is 1.68. The maximum Gasteiger partial charge on any atom is 0.162 e. The van der Waals surface area contributed by atoms with E-state index in [9.17, 15) is 0 Å². The number of hydrogen-bond acceptors (Lipinski definition) is 4. The number of ether oxygens (including phenoxy) is 2. The highest BCUT2D eigenvalue weighted by Gasteiger charge is 2.21. The zero-order valence-corrected chi connectivity index (χ0v) is 15.0. The summed E-state index contributed by atoms with van der Waals surface area (Å²) in [5.74, 6) is 1.43. The largest absolute Gasteiger partial charge is 0.493 e. The third-order valence-electron chi connectivity index (χ3n) is 4.50. The van der Waals surface area contributed by atoms with Crippen molar-refractivity contribution in [2.24, 2.45) is 0 Å². The van der Waals surface area contributed by atoms with E-state index in [-0.39, 0.29) is 6.17 Å². The van der Waals surface area contributed by atoms with Gasteiger partial charge in [-0.1, -0.05) is 36.9 Å². The number of methoxy groups -OCH3 is 1. The van der Waals surface area contributed by atoms with E-state index in [1.165, 1.54) is 10.8 Å². The number of hydrogen-bond donors (Lipinski definition) is 2. The van der Waals surface area contributed by atoms with E-state index >= 15 is 0 Å². The standard InChI is InChI=1S/C22H22N2O2/c1-14(2)13-26-20-12-16(10-11-19(20)25-3)22-23-17-8-4-6-15-7-5-9-18(24-22)21(15)17/h4-12,22-24H,1,13H2,2-3H3. The lowest BCUT2D eigenvalue weighted by Crippen LogP contribution is -2.23. The molecule has 0 saturated heterocycles. The minimum absolute atomic E-state index is 0.0476. The molecular formula is C22H22N2O2. The van der Waals surface area contributed by atoms with Gasteiger partial charge < -0.3 is 20.1 Å². The normalized spacial score (nSPS) is 13.0. The molecule has 0 saturated carbocycles. The molecule has 26 heavy (non-hydrogen) atoms. The number of benzene rings is 3. The van der Waals surface area contributed by atoms with Crippen LogP contribution in [0.2, 0.25) is 0 Å². The summed E-state index contributed by atoms with van der Waals surface area (Å²) >= 11 is 0. The van der Waals surface area contributed by atoms with Crippen molar-refractivity contribution in [2.45, 2.75) is 13.1 Å². The first-order chi connectivity index (χ1) is 12.7. The van der Waals surface area contributed by atoms with Crippen LogP contribution in [0.15, 0.2) is 66.7 Å². The van der Waals surface area contributed by atoms with E-state index in [1.54, 1.807) is 7.11 Å². The van der Waals surface area contributed by atoms with Crippen LogP contribution < -0.4 is 20.1 Å². The molecule has 1 aliphatic heterocycles. The molecule has 3 aromatic carbocycles. The second kappa shape index (κ2) is 6.64. The zero-order valence-electron chi connectivity index (χ0n) is 15.0. The van der Waals surface area contributed by atoms with Crippen molar-refractivity contribution in [3.05, 3.63) is 72.3 Å². The molecule has 1 heterocycles. The van der Waals surface area contributed by atoms with Crippen LogP contribution in [0, 0.1) is 0 Å². The van der Waals surface area contributed by atoms with Crippen molar-refractivity contribution in [2.75, 3.05) is 24.4 Å². The second-order valence-electron chi connectivity index (χ2n) is 6.59. The fourth-order valence-electron chi connectivity index (χ4n) is 3.28. The summed E-state index contributed by atoms with van der Waals surface area (Å²) in [6, 6.07) is 18.6. The minimum Gasteiger partial charge on any atom is -0.493 e. The number of rotatable bonds is 5. The topological polar surface area (TPSA) is 42.5 Å². The van der Waals surface area contributed by atoms with Gasteiger partial charge in [0.25, 0.3) is 0 Å². The van der Waals surface area contributed by atoms with E-state index in [1.807, 2.05) is 25.1 Å². The van der Waals surface area contributed by atoms with Gasteiger partial charge in [-0.05, 0) is 47.7 Å². The van der Waals surface area contributed by atoms with E-state index in [4.69, 9.17) is 9.47 Å². The first-order valence-corrected chi connectivity index (χ1v) is 8.65. The average Bonchev–Trinajstić information content (AvgIpc) is 2.66. The highest BCUT2D eigenvalue weighted by atomic mass is 16.5. The maximum atomic E-state index is 5.87. The Morgan fingerprint density at radius 2 is 1.69 bits per heavy atom. The molecule has 0 unspecified atom stereocenters. The molecule has 0 fully saturated rings. The van der Waals surface area contributed by atoms with Gasteiger partial charge in [0.05, 0.1) is 7.11 Å². The summed E-state index contributed by atoms with van der Waals surface area (Å²) in [5.41, 5.74) is 4.30. The molecule has 0 amide bonds. The summed E-state index contributed by atoms with van der Waals surface area (Å²) in [6.07, 6.45) is -0.0476. The van der Waals surface area contributed by atoms with E-state index in [0.717, 1.165) is 22.5 Å². The van der Waals surface area contributed by atoms with E-state index < -0.39 is 0 Å². The Bertz CT molecular complexity index is 940. The Labute approximate surface area is 153 Å². The Hall–Kier alpha value is -3.14. The first kappa shape index (κ1) is 16.3. The highest BCUT2D eigenvalue weighted by molar-refractivity contribution is 6.04. The maximum absolute atomic E-state index is 5.87. The molecule has 3 aromatic rings. The van der Waals surface area contributed by atoms with Gasteiger partial charge in [-0.25, -0.2) is 0 Å². The summed E-state index contributed by atoms with van der Waals surface area (Å²) in [5, 5.41) is 9.61. The van der Waals surface area contributed by atoms with Gasteiger partial charge >= 0.3 is 0 Å². The molecule has 4 nitrogen and oxygen atoms in total. The van der Waals surface area contributed by atoms with Crippen LogP contribution in [0.3, 0.4) is 0 Å². The van der Waals surface area contributed by atoms with E-state index in [0.29, 0.717) is 18.1 Å². The monoisotopic (exact) mass is 346 g/mol. The zero-order chi connectivity index (χ0) is 18.1. The Morgan fingerprint density at radius 3 is 2.31 bits per heavy atom. The first-order valence-electron chi connectivity index (χ1n) is 8.65. The van der Waals surface area contributed by atoms with Crippen LogP contribution in [0.1, 0.15) is 18.7 Å². The Kier molecular flexibility index (Phi) is 4.17. The molecule has 4 heteroatoms. The van der Waals surface area contributed by atoms with Crippen LogP contribution in [0.25, 0.3) is 10.8 Å². The number of nitrogens with one attached hydrogen (secondary N) is 2. The van der Waals surface area contributed by atoms with Crippen molar-refractivity contribution in [3.63, 3.8) is 0 Å². The highest BCUT2D eigenvalue weighted by Crippen LogP contribution is 2.39. The van der Waals surface area contributed by atoms with Crippen LogP contribution in [-0.2, 0) is 0 Å². The fraction of sp³-hybridized carbons (Fsp3) is 0.182. The van der Waals surface area contributed by atoms with Crippen molar-refractivity contribution in [3.8, 4) is 11.5 Å². The molecule has 0 bridgehead atoms. The van der Waals surface area contributed by atoms with Crippen molar-refractivity contribution >= 4 is 22.1 Å². The summed E-state index contributed by atoms with van der Waals surface area (Å²) < 4.78 is 11.3. The smallest absolute Gasteiger partial charge is 0.162 e. The van der Waals surface area contributed by atoms with Crippen LogP contribution in [-0.4, -0.2) is 13.7 Å². The summed E-state index contributed by atoms with van der Waals surface area (Å²) in [7, 11) is 1.65. The number of anilines is 2. The third-order valence-corrected chi connectivity index (χ3v) is 4.50. The van der Waals surface area contributed by atoms with Gasteiger partial charge in [0.15, 0.2) is 11.5 Å². The van der Waals surface area contributed by atoms with Crippen LogP contribution in [0.5, 0.6) is 11.5 Å². The molecule has 1 aliphatic rings. The lowest BCUT2D eigenvalue weighted by Gasteiger charge is -2.30. The lowest BCUT2D eigenvalue weighted by atomic mass is 10.0. The van der Waals surface area contributed by atoms with Crippen molar-refractivity contribution in [1.29, 1.82) is 0 Å². The van der Waals surface area contributed by atoms with Gasteiger partial charge in [0.1, 0.15) is 12.8 Å². The molecule has 132 valence electrons. The van der Waals surface area contributed by atoms with Gasteiger partial charge in [0, 0.05) is 16.8 Å². The summed E-state index contributed by atoms with van der Waals surface area (Å²) in [6.45, 7) is 6.30. The van der Waals surface area contributed by atoms with Gasteiger partial charge in [-0.15, -0.1) is 0 Å².